The van der Waals surface area contributed by atoms with Crippen molar-refractivity contribution in [2.75, 3.05) is 30.6 Å². The Morgan fingerprint density at radius 3 is 2.83 bits per heavy atom. The van der Waals surface area contributed by atoms with Gasteiger partial charge in [0.25, 0.3) is 0 Å². The number of ether oxygens (including phenoxy) is 1. The van der Waals surface area contributed by atoms with Crippen molar-refractivity contribution >= 4 is 23.4 Å². The van der Waals surface area contributed by atoms with Gasteiger partial charge in [-0.25, -0.2) is 10.8 Å². The molecule has 0 amide bonds. The lowest BCUT2D eigenvalue weighted by Crippen LogP contribution is -2.47. The van der Waals surface area contributed by atoms with Crippen molar-refractivity contribution in [3.05, 3.63) is 11.2 Å². The highest BCUT2D eigenvalue weighted by Gasteiger charge is 2.32. The molecule has 5 N–H and O–H groups in total. The summed E-state index contributed by atoms with van der Waals surface area (Å²) in [6.07, 6.45) is 2.83. The number of halogens is 1. The zero-order valence-electron chi connectivity index (χ0n) is 9.82. The maximum absolute atomic E-state index is 9.58. The number of nitrogens with zero attached hydrogens (tertiary/aromatic N) is 2. The zero-order chi connectivity index (χ0) is 13.0. The van der Waals surface area contributed by atoms with Gasteiger partial charge in [0.1, 0.15) is 5.02 Å². The summed E-state index contributed by atoms with van der Waals surface area (Å²) in [7, 11) is 0. The molecule has 100 valence electrons. The van der Waals surface area contributed by atoms with Gasteiger partial charge >= 0.3 is 0 Å². The van der Waals surface area contributed by atoms with E-state index in [1.807, 2.05) is 0 Å². The first-order valence-corrected chi connectivity index (χ1v) is 6.03. The number of nitrogen functional groups attached to an aromatic ring is 1. The van der Waals surface area contributed by atoms with Crippen LogP contribution in [0.4, 0.5) is 11.8 Å². The summed E-state index contributed by atoms with van der Waals surface area (Å²) in [5, 5.41) is 13.1. The largest absolute Gasteiger partial charge is 0.394 e. The van der Waals surface area contributed by atoms with Crippen LogP contribution < -0.4 is 16.6 Å². The predicted molar refractivity (Wildman–Crippen MR) is 68.3 cm³/mol. The van der Waals surface area contributed by atoms with Crippen LogP contribution in [0, 0.1) is 0 Å². The molecule has 0 unspecified atom stereocenters. The van der Waals surface area contributed by atoms with Crippen LogP contribution in [0.1, 0.15) is 12.8 Å². The van der Waals surface area contributed by atoms with Gasteiger partial charge in [-0.2, -0.15) is 4.98 Å². The maximum atomic E-state index is 9.58. The molecule has 1 aromatic rings. The Bertz CT molecular complexity index is 411. The highest BCUT2D eigenvalue weighted by molar-refractivity contribution is 6.32. The summed E-state index contributed by atoms with van der Waals surface area (Å²) in [6, 6.07) is 0. The van der Waals surface area contributed by atoms with Crippen LogP contribution in [0.3, 0.4) is 0 Å². The highest BCUT2D eigenvalue weighted by atomic mass is 35.5. The maximum Gasteiger partial charge on any atom is 0.239 e. The highest BCUT2D eigenvalue weighted by Crippen LogP contribution is 2.28. The van der Waals surface area contributed by atoms with E-state index in [4.69, 9.17) is 22.2 Å². The van der Waals surface area contributed by atoms with Crippen LogP contribution in [-0.2, 0) is 4.74 Å². The Morgan fingerprint density at radius 2 is 2.22 bits per heavy atom. The first-order valence-electron chi connectivity index (χ1n) is 5.65. The molecule has 1 aliphatic heterocycles. The number of nitrogens with two attached hydrogens (primary N) is 1. The number of anilines is 2. The topological polar surface area (TPSA) is 105 Å². The third kappa shape index (κ3) is 2.81. The van der Waals surface area contributed by atoms with Gasteiger partial charge in [0.15, 0.2) is 5.82 Å². The number of hydrogen-bond acceptors (Lipinski definition) is 7. The lowest BCUT2D eigenvalue weighted by Gasteiger charge is -2.36. The van der Waals surface area contributed by atoms with Gasteiger partial charge in [0.2, 0.25) is 5.95 Å². The van der Waals surface area contributed by atoms with E-state index in [9.17, 15) is 5.11 Å². The summed E-state index contributed by atoms with van der Waals surface area (Å²) >= 11 is 6.02. The molecule has 0 bridgehead atoms. The molecule has 1 aliphatic rings. The fraction of sp³-hybridized carbons (Fsp3) is 0.600. The van der Waals surface area contributed by atoms with E-state index < -0.39 is 5.54 Å². The molecule has 0 atom stereocenters. The summed E-state index contributed by atoms with van der Waals surface area (Å²) < 4.78 is 5.29. The molecule has 1 aromatic heterocycles. The molecule has 1 saturated heterocycles. The smallest absolute Gasteiger partial charge is 0.239 e. The first kappa shape index (κ1) is 13.3. The summed E-state index contributed by atoms with van der Waals surface area (Å²) in [6.45, 7) is 1.18. The number of aromatic nitrogens is 2. The van der Waals surface area contributed by atoms with Crippen LogP contribution in [0.25, 0.3) is 0 Å². The van der Waals surface area contributed by atoms with Crippen molar-refractivity contribution in [3.63, 3.8) is 0 Å². The van der Waals surface area contributed by atoms with Crippen molar-refractivity contribution < 1.29 is 9.84 Å². The van der Waals surface area contributed by atoms with Crippen LogP contribution in [0.5, 0.6) is 0 Å². The molecular formula is C10H16ClN5O2. The van der Waals surface area contributed by atoms with E-state index in [1.165, 1.54) is 6.20 Å². The average molecular weight is 274 g/mol. The van der Waals surface area contributed by atoms with Gasteiger partial charge in [0, 0.05) is 13.2 Å². The number of nitrogens with one attached hydrogen (secondary N) is 2. The van der Waals surface area contributed by atoms with Gasteiger partial charge in [-0.15, -0.1) is 0 Å². The molecule has 0 radical (unpaired) electrons. The second kappa shape index (κ2) is 5.66. The van der Waals surface area contributed by atoms with E-state index >= 15 is 0 Å². The van der Waals surface area contributed by atoms with Crippen molar-refractivity contribution in [2.24, 2.45) is 5.84 Å². The van der Waals surface area contributed by atoms with E-state index in [1.54, 1.807) is 0 Å². The van der Waals surface area contributed by atoms with Gasteiger partial charge in [0.05, 0.1) is 18.3 Å². The van der Waals surface area contributed by atoms with E-state index in [0.29, 0.717) is 36.9 Å². The lowest BCUT2D eigenvalue weighted by atomic mass is 9.91. The van der Waals surface area contributed by atoms with Gasteiger partial charge < -0.3 is 15.2 Å². The van der Waals surface area contributed by atoms with Gasteiger partial charge in [-0.05, 0) is 12.8 Å². The Balaban J connectivity index is 2.20. The van der Waals surface area contributed by atoms with Crippen molar-refractivity contribution in [1.29, 1.82) is 0 Å². The van der Waals surface area contributed by atoms with Crippen molar-refractivity contribution in [3.8, 4) is 0 Å². The second-order valence-corrected chi connectivity index (χ2v) is 4.62. The Kier molecular flexibility index (Phi) is 4.18. The minimum atomic E-state index is -0.456. The SMILES string of the molecule is NNc1ncc(Cl)c(NC2(CO)CCOCC2)n1. The molecule has 0 saturated carbocycles. The molecule has 2 rings (SSSR count). The quantitative estimate of drug-likeness (QED) is 0.464. The molecule has 0 spiro atoms. The fourth-order valence-electron chi connectivity index (χ4n) is 1.86. The number of rotatable bonds is 4. The van der Waals surface area contributed by atoms with E-state index in [2.05, 4.69) is 20.7 Å². The standard InChI is InChI=1S/C10H16ClN5O2/c11-7-5-13-9(16-12)14-8(7)15-10(6-17)1-3-18-4-2-10/h5,17H,1-4,6,12H2,(H2,13,14,15,16). The minimum absolute atomic E-state index is 0.0118. The molecule has 2 heterocycles. The molecular weight excluding hydrogens is 258 g/mol. The van der Waals surface area contributed by atoms with Crippen LogP contribution >= 0.6 is 11.6 Å². The number of aliphatic hydroxyl groups excluding tert-OH is 1. The lowest BCUT2D eigenvalue weighted by molar-refractivity contribution is 0.0378. The molecule has 7 nitrogen and oxygen atoms in total. The van der Waals surface area contributed by atoms with E-state index in [-0.39, 0.29) is 12.6 Å². The number of hydrogen-bond donors (Lipinski definition) is 4. The second-order valence-electron chi connectivity index (χ2n) is 4.21. The molecule has 18 heavy (non-hydrogen) atoms. The Hall–Kier alpha value is -1.15. The fourth-order valence-corrected chi connectivity index (χ4v) is 2.00. The van der Waals surface area contributed by atoms with Gasteiger partial charge in [-0.1, -0.05) is 11.6 Å². The monoisotopic (exact) mass is 273 g/mol. The first-order chi connectivity index (χ1) is 8.69. The molecule has 0 aromatic carbocycles. The van der Waals surface area contributed by atoms with Crippen LogP contribution in [-0.4, -0.2) is 40.4 Å². The van der Waals surface area contributed by atoms with Crippen molar-refractivity contribution in [1.82, 2.24) is 9.97 Å². The summed E-state index contributed by atoms with van der Waals surface area (Å²) in [5.74, 6) is 5.97. The summed E-state index contributed by atoms with van der Waals surface area (Å²) in [5.41, 5.74) is 1.90. The zero-order valence-corrected chi connectivity index (χ0v) is 10.6. The third-order valence-corrected chi connectivity index (χ3v) is 3.29. The minimum Gasteiger partial charge on any atom is -0.394 e. The molecule has 1 fully saturated rings. The van der Waals surface area contributed by atoms with Crippen LogP contribution in [0.2, 0.25) is 5.02 Å². The average Bonchev–Trinajstić information content (AvgIpc) is 2.42. The molecule has 8 heteroatoms. The Labute approximate surface area is 110 Å². The number of hydrazine groups is 1. The Morgan fingerprint density at radius 1 is 1.50 bits per heavy atom. The normalized spacial score (nSPS) is 18.4. The van der Waals surface area contributed by atoms with E-state index in [0.717, 1.165) is 0 Å². The number of aliphatic hydroxyl groups is 1. The van der Waals surface area contributed by atoms with Crippen LogP contribution in [0.15, 0.2) is 6.20 Å². The predicted octanol–water partition coefficient (Wildman–Crippen LogP) is 0.369. The van der Waals surface area contributed by atoms with Gasteiger partial charge in [-0.3, -0.25) is 5.43 Å². The molecule has 0 aliphatic carbocycles. The summed E-state index contributed by atoms with van der Waals surface area (Å²) in [4.78, 5) is 8.03. The van der Waals surface area contributed by atoms with Crippen molar-refractivity contribution in [2.45, 2.75) is 18.4 Å². The third-order valence-electron chi connectivity index (χ3n) is 3.01.